The topological polar surface area (TPSA) is 17.1 Å². The first-order chi connectivity index (χ1) is 10.8. The van der Waals surface area contributed by atoms with Crippen molar-refractivity contribution in [2.45, 2.75) is 84.5 Å². The van der Waals surface area contributed by atoms with Crippen molar-refractivity contribution in [1.29, 1.82) is 0 Å². The quantitative estimate of drug-likeness (QED) is 0.388. The summed E-state index contributed by atoms with van der Waals surface area (Å²) in [5.41, 5.74) is 1.31. The van der Waals surface area contributed by atoms with E-state index in [4.69, 9.17) is 0 Å². The Morgan fingerprint density at radius 2 is 1.50 bits per heavy atom. The maximum Gasteiger partial charge on any atom is 0.136 e. The number of unbranched alkanes of at least 4 members (excludes halogenated alkanes) is 6. The number of ketones is 1. The van der Waals surface area contributed by atoms with Gasteiger partial charge in [-0.15, -0.1) is 0 Å². The second kappa shape index (κ2) is 12.4. The molecule has 22 heavy (non-hydrogen) atoms. The number of hydrogen-bond acceptors (Lipinski definition) is 1. The van der Waals surface area contributed by atoms with Crippen molar-refractivity contribution in [2.75, 3.05) is 0 Å². The van der Waals surface area contributed by atoms with Gasteiger partial charge in [-0.25, -0.2) is 0 Å². The Labute approximate surface area is 137 Å². The van der Waals surface area contributed by atoms with Crippen LogP contribution in [-0.2, 0) is 11.2 Å². The molecule has 0 aliphatic rings. The first kappa shape index (κ1) is 18.9. The van der Waals surface area contributed by atoms with Crippen LogP contribution in [0.4, 0.5) is 0 Å². The molecule has 1 aromatic carbocycles. The Morgan fingerprint density at radius 3 is 2.18 bits per heavy atom. The number of hydrogen-bond donors (Lipinski definition) is 0. The van der Waals surface area contributed by atoms with Gasteiger partial charge in [0.2, 0.25) is 0 Å². The van der Waals surface area contributed by atoms with Gasteiger partial charge < -0.3 is 0 Å². The minimum atomic E-state index is 0.234. The Kier molecular flexibility index (Phi) is 10.7. The van der Waals surface area contributed by atoms with Gasteiger partial charge in [0.1, 0.15) is 5.78 Å². The zero-order valence-electron chi connectivity index (χ0n) is 14.7. The molecule has 0 N–H and O–H groups in total. The molecule has 0 aliphatic carbocycles. The van der Waals surface area contributed by atoms with Gasteiger partial charge in [-0.1, -0.05) is 89.1 Å². The van der Waals surface area contributed by atoms with Crippen molar-refractivity contribution in [3.8, 4) is 0 Å². The summed E-state index contributed by atoms with van der Waals surface area (Å²) in [5.74, 6) is 0.728. The highest BCUT2D eigenvalue weighted by atomic mass is 16.1. The van der Waals surface area contributed by atoms with E-state index in [1.807, 2.05) is 6.07 Å². The Hall–Kier alpha value is -1.11. The predicted molar refractivity (Wildman–Crippen MR) is 96.2 cm³/mol. The molecule has 1 nitrogen and oxygen atoms in total. The average Bonchev–Trinajstić information content (AvgIpc) is 2.55. The second-order valence-corrected chi connectivity index (χ2v) is 6.51. The zero-order valence-corrected chi connectivity index (χ0v) is 14.7. The van der Waals surface area contributed by atoms with Gasteiger partial charge in [-0.05, 0) is 24.8 Å². The molecule has 0 bridgehead atoms. The summed E-state index contributed by atoms with van der Waals surface area (Å²) in [6.07, 6.45) is 12.7. The number of Topliss-reactive ketones (excluding diaryl/α,β-unsaturated/α-hetero) is 1. The lowest BCUT2D eigenvalue weighted by molar-refractivity contribution is -0.123. The van der Waals surface area contributed by atoms with Crippen molar-refractivity contribution < 1.29 is 4.79 Å². The van der Waals surface area contributed by atoms with Gasteiger partial charge in [0.05, 0.1) is 0 Å². The van der Waals surface area contributed by atoms with Crippen LogP contribution in [0.2, 0.25) is 0 Å². The molecule has 0 radical (unpaired) electrons. The lowest BCUT2D eigenvalue weighted by atomic mass is 9.88. The van der Waals surface area contributed by atoms with Crippen LogP contribution in [0.25, 0.3) is 0 Å². The summed E-state index contributed by atoms with van der Waals surface area (Å²) < 4.78 is 0. The molecule has 0 aromatic heterocycles. The van der Waals surface area contributed by atoms with Crippen LogP contribution in [0.5, 0.6) is 0 Å². The van der Waals surface area contributed by atoms with Gasteiger partial charge in [-0.3, -0.25) is 4.79 Å². The molecule has 0 heterocycles. The van der Waals surface area contributed by atoms with Gasteiger partial charge in [0.25, 0.3) is 0 Å². The highest BCUT2D eigenvalue weighted by molar-refractivity contribution is 5.81. The van der Waals surface area contributed by atoms with Crippen molar-refractivity contribution in [2.24, 2.45) is 5.92 Å². The smallest absolute Gasteiger partial charge is 0.136 e. The molecule has 1 aromatic rings. The van der Waals surface area contributed by atoms with E-state index in [9.17, 15) is 4.79 Å². The third-order valence-electron chi connectivity index (χ3n) is 4.46. The van der Waals surface area contributed by atoms with Crippen LogP contribution in [0.1, 0.15) is 83.6 Å². The summed E-state index contributed by atoms with van der Waals surface area (Å²) in [4.78, 5) is 12.5. The molecule has 0 saturated heterocycles. The van der Waals surface area contributed by atoms with E-state index in [2.05, 4.69) is 38.1 Å². The third-order valence-corrected chi connectivity index (χ3v) is 4.46. The van der Waals surface area contributed by atoms with Crippen LogP contribution in [0.15, 0.2) is 30.3 Å². The third kappa shape index (κ3) is 8.36. The molecule has 0 spiro atoms. The maximum absolute atomic E-state index is 12.5. The van der Waals surface area contributed by atoms with Crippen LogP contribution in [0, 0.1) is 5.92 Å². The summed E-state index contributed by atoms with van der Waals surface area (Å²) in [7, 11) is 0. The lowest BCUT2D eigenvalue weighted by Gasteiger charge is -2.16. The van der Waals surface area contributed by atoms with Gasteiger partial charge in [-0.2, -0.15) is 0 Å². The predicted octanol–water partition coefficient (Wildman–Crippen LogP) is 6.36. The molecule has 1 heteroatoms. The van der Waals surface area contributed by atoms with Crippen molar-refractivity contribution >= 4 is 5.78 Å². The SMILES string of the molecule is CCCCCCCCC(=O)C(CCCC)Cc1ccccc1. The van der Waals surface area contributed by atoms with E-state index in [1.165, 1.54) is 50.5 Å². The van der Waals surface area contributed by atoms with Crippen LogP contribution in [-0.4, -0.2) is 5.78 Å². The normalized spacial score (nSPS) is 12.3. The largest absolute Gasteiger partial charge is 0.299 e. The number of carbonyl (C=O) groups excluding carboxylic acids is 1. The molecule has 0 saturated carbocycles. The molecule has 1 atom stereocenters. The van der Waals surface area contributed by atoms with Crippen LogP contribution >= 0.6 is 0 Å². The molecular weight excluding hydrogens is 268 g/mol. The van der Waals surface area contributed by atoms with Crippen LogP contribution in [0.3, 0.4) is 0 Å². The van der Waals surface area contributed by atoms with E-state index in [0.717, 1.165) is 25.7 Å². The molecule has 0 fully saturated rings. The Balaban J connectivity index is 2.36. The average molecular weight is 303 g/mol. The van der Waals surface area contributed by atoms with E-state index in [0.29, 0.717) is 5.78 Å². The minimum absolute atomic E-state index is 0.234. The summed E-state index contributed by atoms with van der Waals surface area (Å²) in [6, 6.07) is 10.5. The molecule has 1 rings (SSSR count). The van der Waals surface area contributed by atoms with E-state index in [-0.39, 0.29) is 5.92 Å². The fraction of sp³-hybridized carbons (Fsp3) is 0.667. The lowest BCUT2D eigenvalue weighted by Crippen LogP contribution is -2.17. The monoisotopic (exact) mass is 302 g/mol. The molecular formula is C21H34O. The van der Waals surface area contributed by atoms with Gasteiger partial charge >= 0.3 is 0 Å². The summed E-state index contributed by atoms with van der Waals surface area (Å²) in [5, 5.41) is 0. The van der Waals surface area contributed by atoms with Crippen molar-refractivity contribution in [3.63, 3.8) is 0 Å². The molecule has 124 valence electrons. The highest BCUT2D eigenvalue weighted by Gasteiger charge is 2.17. The fourth-order valence-corrected chi connectivity index (χ4v) is 3.01. The first-order valence-corrected chi connectivity index (χ1v) is 9.34. The van der Waals surface area contributed by atoms with Gasteiger partial charge in [0.15, 0.2) is 0 Å². The molecule has 1 unspecified atom stereocenters. The zero-order chi connectivity index (χ0) is 16.0. The first-order valence-electron chi connectivity index (χ1n) is 9.34. The van der Waals surface area contributed by atoms with Gasteiger partial charge in [0, 0.05) is 12.3 Å². The fourth-order valence-electron chi connectivity index (χ4n) is 3.01. The molecule has 0 aliphatic heterocycles. The maximum atomic E-state index is 12.5. The number of benzene rings is 1. The Bertz CT molecular complexity index is 382. The number of rotatable bonds is 13. The van der Waals surface area contributed by atoms with E-state index in [1.54, 1.807) is 0 Å². The minimum Gasteiger partial charge on any atom is -0.299 e. The summed E-state index contributed by atoms with van der Waals surface area (Å²) in [6.45, 7) is 4.45. The molecule has 0 amide bonds. The Morgan fingerprint density at radius 1 is 0.864 bits per heavy atom. The number of carbonyl (C=O) groups is 1. The summed E-state index contributed by atoms with van der Waals surface area (Å²) >= 11 is 0. The van der Waals surface area contributed by atoms with Crippen molar-refractivity contribution in [1.82, 2.24) is 0 Å². The standard InChI is InChI=1S/C21H34O/c1-3-5-7-8-9-13-17-21(22)20(16-6-4-2)18-19-14-11-10-12-15-19/h10-12,14-15,20H,3-9,13,16-18H2,1-2H3. The second-order valence-electron chi connectivity index (χ2n) is 6.51. The van der Waals surface area contributed by atoms with Crippen LogP contribution < -0.4 is 0 Å². The van der Waals surface area contributed by atoms with E-state index < -0.39 is 0 Å². The highest BCUT2D eigenvalue weighted by Crippen LogP contribution is 2.19. The van der Waals surface area contributed by atoms with Crippen molar-refractivity contribution in [3.05, 3.63) is 35.9 Å². The van der Waals surface area contributed by atoms with E-state index >= 15 is 0 Å².